The molecule has 0 aromatic heterocycles. The highest BCUT2D eigenvalue weighted by molar-refractivity contribution is 5.95. The van der Waals surface area contributed by atoms with Gasteiger partial charge in [0.15, 0.2) is 5.75 Å². The Balaban J connectivity index is 2.61. The van der Waals surface area contributed by atoms with E-state index in [1.165, 1.54) is 19.2 Å². The van der Waals surface area contributed by atoms with Crippen molar-refractivity contribution in [1.29, 1.82) is 0 Å². The highest BCUT2D eigenvalue weighted by Crippen LogP contribution is 2.41. The molecule has 0 saturated carbocycles. The van der Waals surface area contributed by atoms with Gasteiger partial charge in [-0.1, -0.05) is 6.92 Å². The number of rotatable bonds is 8. The van der Waals surface area contributed by atoms with Crippen LogP contribution in [0.5, 0.6) is 11.5 Å². The molecule has 1 aromatic rings. The van der Waals surface area contributed by atoms with Crippen LogP contribution in [0, 0.1) is 10.1 Å². The first-order chi connectivity index (χ1) is 13.3. The van der Waals surface area contributed by atoms with Crippen molar-refractivity contribution in [3.8, 4) is 11.5 Å². The van der Waals surface area contributed by atoms with Gasteiger partial charge in [-0.2, -0.15) is 0 Å². The lowest BCUT2D eigenvalue weighted by atomic mass is 9.94. The SMILES string of the molecule is CCCOC(=O)C1=C(C)NC(=O)NC1c1cc(OCC)c(OC)c([N+](=O)[O-])c1. The van der Waals surface area contributed by atoms with E-state index >= 15 is 0 Å². The molecule has 0 radical (unpaired) electrons. The standard InChI is InChI=1S/C18H23N3O7/c1-5-7-28-17(22)14-10(3)19-18(23)20-15(14)11-8-12(21(24)25)16(26-4)13(9-11)27-6-2/h8-9,15H,5-7H2,1-4H3,(H2,19,20,23). The monoisotopic (exact) mass is 393 g/mol. The number of benzene rings is 1. The molecule has 10 heteroatoms. The normalized spacial score (nSPS) is 16.1. The first-order valence-electron chi connectivity index (χ1n) is 8.78. The van der Waals surface area contributed by atoms with Crippen molar-refractivity contribution >= 4 is 17.7 Å². The number of methoxy groups -OCH3 is 1. The molecule has 152 valence electrons. The summed E-state index contributed by atoms with van der Waals surface area (Å²) in [4.78, 5) is 35.5. The second kappa shape index (κ2) is 9.07. The molecule has 1 aliphatic rings. The van der Waals surface area contributed by atoms with E-state index in [4.69, 9.17) is 14.2 Å². The molecule has 2 amide bonds. The van der Waals surface area contributed by atoms with Crippen molar-refractivity contribution in [2.75, 3.05) is 20.3 Å². The average Bonchev–Trinajstić information content (AvgIpc) is 2.65. The first-order valence-corrected chi connectivity index (χ1v) is 8.78. The van der Waals surface area contributed by atoms with Crippen LogP contribution in [0.1, 0.15) is 38.8 Å². The van der Waals surface area contributed by atoms with E-state index in [1.54, 1.807) is 13.8 Å². The summed E-state index contributed by atoms with van der Waals surface area (Å²) in [5, 5.41) is 16.7. The lowest BCUT2D eigenvalue weighted by molar-refractivity contribution is -0.385. The van der Waals surface area contributed by atoms with E-state index in [9.17, 15) is 19.7 Å². The molecule has 2 rings (SSSR count). The Kier molecular flexibility index (Phi) is 6.80. The largest absolute Gasteiger partial charge is 0.490 e. The lowest BCUT2D eigenvalue weighted by Gasteiger charge is -2.28. The van der Waals surface area contributed by atoms with Crippen molar-refractivity contribution < 1.29 is 28.7 Å². The lowest BCUT2D eigenvalue weighted by Crippen LogP contribution is -2.45. The summed E-state index contributed by atoms with van der Waals surface area (Å²) in [6.07, 6.45) is 0.630. The van der Waals surface area contributed by atoms with Crippen LogP contribution in [0.3, 0.4) is 0 Å². The van der Waals surface area contributed by atoms with Gasteiger partial charge in [0.05, 0.1) is 36.9 Å². The third-order valence-electron chi connectivity index (χ3n) is 4.02. The van der Waals surface area contributed by atoms with Crippen molar-refractivity contribution in [2.24, 2.45) is 0 Å². The van der Waals surface area contributed by atoms with Gasteiger partial charge in [0, 0.05) is 11.8 Å². The molecule has 0 saturated heterocycles. The number of carbonyl (C=O) groups is 2. The molecule has 28 heavy (non-hydrogen) atoms. The molecule has 1 aromatic carbocycles. The van der Waals surface area contributed by atoms with E-state index < -0.39 is 23.0 Å². The van der Waals surface area contributed by atoms with E-state index in [2.05, 4.69) is 10.6 Å². The van der Waals surface area contributed by atoms with E-state index in [0.717, 1.165) is 0 Å². The highest BCUT2D eigenvalue weighted by atomic mass is 16.6. The number of nitro groups is 1. The van der Waals surface area contributed by atoms with Gasteiger partial charge in [-0.15, -0.1) is 0 Å². The molecule has 1 heterocycles. The zero-order valence-corrected chi connectivity index (χ0v) is 16.2. The fourth-order valence-electron chi connectivity index (χ4n) is 2.87. The minimum Gasteiger partial charge on any atom is -0.490 e. The van der Waals surface area contributed by atoms with Crippen LogP contribution in [0.25, 0.3) is 0 Å². The zero-order valence-electron chi connectivity index (χ0n) is 16.2. The number of carbonyl (C=O) groups excluding carboxylic acids is 2. The number of ether oxygens (including phenoxy) is 3. The molecule has 0 spiro atoms. The number of nitrogens with one attached hydrogen (secondary N) is 2. The van der Waals surface area contributed by atoms with Crippen LogP contribution in [0.2, 0.25) is 0 Å². The van der Waals surface area contributed by atoms with Gasteiger partial charge >= 0.3 is 17.7 Å². The first kappa shape index (κ1) is 21.0. The summed E-state index contributed by atoms with van der Waals surface area (Å²) >= 11 is 0. The Bertz CT molecular complexity index is 820. The van der Waals surface area contributed by atoms with Gasteiger partial charge in [-0.05, 0) is 31.9 Å². The molecule has 10 nitrogen and oxygen atoms in total. The zero-order chi connectivity index (χ0) is 20.8. The average molecular weight is 393 g/mol. The Morgan fingerprint density at radius 3 is 2.61 bits per heavy atom. The smallest absolute Gasteiger partial charge is 0.338 e. The third-order valence-corrected chi connectivity index (χ3v) is 4.02. The second-order valence-corrected chi connectivity index (χ2v) is 5.97. The molecule has 1 atom stereocenters. The fourth-order valence-corrected chi connectivity index (χ4v) is 2.87. The molecule has 0 bridgehead atoms. The molecular formula is C18H23N3O7. The van der Waals surface area contributed by atoms with Gasteiger partial charge in [0.25, 0.3) is 0 Å². The quantitative estimate of drug-likeness (QED) is 0.394. The fraction of sp³-hybridized carbons (Fsp3) is 0.444. The van der Waals surface area contributed by atoms with Crippen LogP contribution in [-0.4, -0.2) is 37.2 Å². The van der Waals surface area contributed by atoms with E-state index in [-0.39, 0.29) is 36.0 Å². The van der Waals surface area contributed by atoms with Crippen molar-refractivity contribution in [1.82, 2.24) is 10.6 Å². The Hall–Kier alpha value is -3.30. The molecule has 1 aliphatic heterocycles. The van der Waals surface area contributed by atoms with Crippen LogP contribution < -0.4 is 20.1 Å². The molecule has 1 unspecified atom stereocenters. The van der Waals surface area contributed by atoms with Gasteiger partial charge in [0.1, 0.15) is 0 Å². The van der Waals surface area contributed by atoms with Gasteiger partial charge in [-0.3, -0.25) is 10.1 Å². The van der Waals surface area contributed by atoms with E-state index in [1.807, 2.05) is 6.92 Å². The number of esters is 1. The number of amides is 2. The topological polar surface area (TPSA) is 129 Å². The predicted molar refractivity (Wildman–Crippen MR) is 99.2 cm³/mol. The van der Waals surface area contributed by atoms with Crippen molar-refractivity contribution in [3.05, 3.63) is 39.1 Å². The molecule has 0 aliphatic carbocycles. The Morgan fingerprint density at radius 2 is 2.04 bits per heavy atom. The van der Waals surface area contributed by atoms with Gasteiger partial charge in [0.2, 0.25) is 5.75 Å². The number of allylic oxidation sites excluding steroid dienone is 1. The number of nitrogens with zero attached hydrogens (tertiary/aromatic N) is 1. The highest BCUT2D eigenvalue weighted by Gasteiger charge is 2.34. The Morgan fingerprint density at radius 1 is 1.32 bits per heavy atom. The summed E-state index contributed by atoms with van der Waals surface area (Å²) in [5.41, 5.74) is 0.435. The van der Waals surface area contributed by atoms with Gasteiger partial charge in [-0.25, -0.2) is 9.59 Å². The minimum atomic E-state index is -0.943. The summed E-state index contributed by atoms with van der Waals surface area (Å²) in [5.74, 6) is -0.513. The summed E-state index contributed by atoms with van der Waals surface area (Å²) in [6, 6.07) is 1.28. The maximum atomic E-state index is 12.5. The maximum absolute atomic E-state index is 12.5. The van der Waals surface area contributed by atoms with Crippen LogP contribution in [0.15, 0.2) is 23.4 Å². The number of urea groups is 1. The summed E-state index contributed by atoms with van der Waals surface area (Å²) in [6.45, 7) is 5.60. The predicted octanol–water partition coefficient (Wildman–Crippen LogP) is 2.58. The van der Waals surface area contributed by atoms with Crippen LogP contribution >= 0.6 is 0 Å². The third kappa shape index (κ3) is 4.33. The van der Waals surface area contributed by atoms with Crippen LogP contribution in [0.4, 0.5) is 10.5 Å². The number of hydrogen-bond donors (Lipinski definition) is 2. The summed E-state index contributed by atoms with van der Waals surface area (Å²) in [7, 11) is 1.30. The molecular weight excluding hydrogens is 370 g/mol. The summed E-state index contributed by atoms with van der Waals surface area (Å²) < 4.78 is 15.8. The van der Waals surface area contributed by atoms with E-state index in [0.29, 0.717) is 17.7 Å². The Labute approximate surface area is 162 Å². The second-order valence-electron chi connectivity index (χ2n) is 5.97. The molecule has 2 N–H and O–H groups in total. The van der Waals surface area contributed by atoms with Gasteiger partial charge < -0.3 is 24.8 Å². The van der Waals surface area contributed by atoms with Crippen molar-refractivity contribution in [2.45, 2.75) is 33.2 Å². The number of nitro benzene ring substituents is 1. The van der Waals surface area contributed by atoms with Crippen molar-refractivity contribution in [3.63, 3.8) is 0 Å². The molecule has 0 fully saturated rings. The maximum Gasteiger partial charge on any atom is 0.338 e. The van der Waals surface area contributed by atoms with Crippen LogP contribution in [-0.2, 0) is 9.53 Å². The minimum absolute atomic E-state index is 0.0355. The number of hydrogen-bond acceptors (Lipinski definition) is 7.